The maximum Gasteiger partial charge on any atom is 0.470 e. The van der Waals surface area contributed by atoms with Gasteiger partial charge in [-0.1, -0.05) is 18.2 Å². The minimum atomic E-state index is -6.40. The van der Waals surface area contributed by atoms with Crippen LogP contribution in [-0.2, 0) is 40.6 Å². The molecule has 0 aromatic heterocycles. The molecule has 0 radical (unpaired) electrons. The average Bonchev–Trinajstić information content (AvgIpc) is 3.25. The third-order valence-electron chi connectivity index (χ3n) is 8.19. The number of benzene rings is 2. The molecule has 2 aliphatic carbocycles. The van der Waals surface area contributed by atoms with E-state index in [1.807, 2.05) is 0 Å². The summed E-state index contributed by atoms with van der Waals surface area (Å²) in [6, 6.07) is 3.79. The molecule has 2 aromatic carbocycles. The van der Waals surface area contributed by atoms with Crippen LogP contribution in [0.2, 0.25) is 0 Å². The Hall–Kier alpha value is -2.59. The largest absolute Gasteiger partial charge is 0.470 e. The molecule has 2 aromatic rings. The molecule has 0 unspecified atom stereocenters. The van der Waals surface area contributed by atoms with E-state index in [0.717, 1.165) is 38.1 Å². The second kappa shape index (κ2) is 10.7. The van der Waals surface area contributed by atoms with Crippen molar-refractivity contribution in [2.75, 3.05) is 0 Å². The Bertz CT molecular complexity index is 1590. The van der Waals surface area contributed by atoms with Gasteiger partial charge in [0.05, 0.1) is 4.90 Å². The van der Waals surface area contributed by atoms with Crippen molar-refractivity contribution in [3.05, 3.63) is 65.0 Å². The van der Waals surface area contributed by atoms with E-state index < -0.39 is 80.2 Å². The van der Waals surface area contributed by atoms with Crippen molar-refractivity contribution in [3.63, 3.8) is 0 Å². The number of fused-ring (bicyclic) bond motifs is 3. The van der Waals surface area contributed by atoms with Crippen LogP contribution in [0, 0.1) is 11.7 Å². The number of alkyl halides is 7. The van der Waals surface area contributed by atoms with Crippen molar-refractivity contribution in [2.24, 2.45) is 5.92 Å². The first-order valence-corrected chi connectivity index (χ1v) is 15.9. The van der Waals surface area contributed by atoms with Gasteiger partial charge >= 0.3 is 25.8 Å². The highest BCUT2D eigenvalue weighted by Gasteiger charge is 2.74. The molecule has 3 N–H and O–H groups in total. The van der Waals surface area contributed by atoms with Crippen molar-refractivity contribution < 1.29 is 67.2 Å². The van der Waals surface area contributed by atoms with E-state index in [1.165, 1.54) is 0 Å². The highest BCUT2D eigenvalue weighted by atomic mass is 32.2. The van der Waals surface area contributed by atoms with Crippen LogP contribution in [0.25, 0.3) is 0 Å². The van der Waals surface area contributed by atoms with Gasteiger partial charge in [0.15, 0.2) is 15.4 Å². The maximum absolute atomic E-state index is 14.9. The number of rotatable bonds is 7. The standard InChI is InChI=1S/C26H26F8NO7PS/c1-22(2,42-43(37,38)39)21(36)35-20-11-12-23(44(40,41)17-7-5-16(27)6-8-17)18-10-4-15(13-14(18)3-9-19(20)23)24(28,25(29,30)31)26(32,33)34/h4-8,10,13,19-20H,3,9,11-12H2,1-2H3,(H,35,36)(H2,37,38,39)/t19-,20+,23+/m0/s1. The van der Waals surface area contributed by atoms with Crippen molar-refractivity contribution in [1.29, 1.82) is 0 Å². The molecule has 2 aliphatic rings. The number of hydrogen-bond donors (Lipinski definition) is 3. The van der Waals surface area contributed by atoms with Gasteiger partial charge in [0, 0.05) is 17.5 Å². The average molecular weight is 680 g/mol. The zero-order valence-electron chi connectivity index (χ0n) is 22.8. The fourth-order valence-corrected chi connectivity index (χ4v) is 9.38. The normalized spacial score (nSPS) is 23.2. The van der Waals surface area contributed by atoms with Crippen molar-refractivity contribution in [2.45, 2.75) is 78.8 Å². The van der Waals surface area contributed by atoms with Crippen LogP contribution in [0.5, 0.6) is 0 Å². The van der Waals surface area contributed by atoms with Gasteiger partial charge in [-0.25, -0.2) is 21.8 Å². The van der Waals surface area contributed by atoms with Gasteiger partial charge in [-0.3, -0.25) is 9.32 Å². The first-order chi connectivity index (χ1) is 19.9. The molecule has 1 saturated carbocycles. The lowest BCUT2D eigenvalue weighted by molar-refractivity contribution is -0.348. The second-order valence-electron chi connectivity index (χ2n) is 11.2. The number of sulfone groups is 1. The summed E-state index contributed by atoms with van der Waals surface area (Å²) in [6.45, 7) is 2.09. The van der Waals surface area contributed by atoms with Gasteiger partial charge in [-0.05, 0) is 74.9 Å². The molecule has 44 heavy (non-hydrogen) atoms. The Morgan fingerprint density at radius 1 is 0.977 bits per heavy atom. The minimum Gasteiger partial charge on any atom is -0.351 e. The Morgan fingerprint density at radius 3 is 2.07 bits per heavy atom. The molecule has 18 heteroatoms. The maximum atomic E-state index is 14.9. The SMILES string of the molecule is CC(C)(OP(=O)(O)O)C(=O)N[C@@H]1CC[C@@]2(S(=O)(=O)c3ccc(F)cc3)c3ccc(C(F)(C(F)(F)F)C(F)(F)F)cc3CC[C@@H]12. The van der Waals surface area contributed by atoms with Crippen LogP contribution < -0.4 is 5.32 Å². The van der Waals surface area contributed by atoms with Gasteiger partial charge in [0.2, 0.25) is 0 Å². The van der Waals surface area contributed by atoms with Gasteiger partial charge in [0.25, 0.3) is 5.91 Å². The van der Waals surface area contributed by atoms with Crippen LogP contribution in [0.4, 0.5) is 35.1 Å². The highest BCUT2D eigenvalue weighted by molar-refractivity contribution is 7.92. The first kappa shape index (κ1) is 34.3. The second-order valence-corrected chi connectivity index (χ2v) is 14.6. The molecule has 1 amide bonds. The third-order valence-corrected chi connectivity index (χ3v) is 11.5. The third kappa shape index (κ3) is 5.54. The zero-order valence-corrected chi connectivity index (χ0v) is 24.6. The van der Waals surface area contributed by atoms with Crippen LogP contribution in [0.1, 0.15) is 49.8 Å². The monoisotopic (exact) mass is 679 g/mol. The van der Waals surface area contributed by atoms with E-state index in [-0.39, 0.29) is 42.9 Å². The summed E-state index contributed by atoms with van der Waals surface area (Å²) in [6.07, 6.45) is -13.8. The Balaban J connectivity index is 1.87. The summed E-state index contributed by atoms with van der Waals surface area (Å²) >= 11 is 0. The molecule has 0 heterocycles. The number of carbonyl (C=O) groups is 1. The van der Waals surface area contributed by atoms with Gasteiger partial charge in [-0.15, -0.1) is 0 Å². The molecule has 244 valence electrons. The number of nitrogens with one attached hydrogen (secondary N) is 1. The fourth-order valence-electron chi connectivity index (χ4n) is 6.23. The summed E-state index contributed by atoms with van der Waals surface area (Å²) in [7, 11) is -9.80. The number of hydrogen-bond acceptors (Lipinski definition) is 5. The van der Waals surface area contributed by atoms with Crippen molar-refractivity contribution in [1.82, 2.24) is 5.32 Å². The molecule has 3 atom stereocenters. The summed E-state index contributed by atoms with van der Waals surface area (Å²) in [5.74, 6) is -2.92. The fraction of sp³-hybridized carbons (Fsp3) is 0.500. The number of phosphoric acid groups is 1. The molecule has 8 nitrogen and oxygen atoms in total. The van der Waals surface area contributed by atoms with Crippen molar-refractivity contribution in [3.8, 4) is 0 Å². The molecule has 0 bridgehead atoms. The molecule has 0 saturated heterocycles. The summed E-state index contributed by atoms with van der Waals surface area (Å²) in [4.78, 5) is 30.9. The van der Waals surface area contributed by atoms with Gasteiger partial charge < -0.3 is 15.1 Å². The van der Waals surface area contributed by atoms with E-state index in [1.54, 1.807) is 0 Å². The number of aryl methyl sites for hydroxylation is 1. The smallest absolute Gasteiger partial charge is 0.351 e. The van der Waals surface area contributed by atoms with E-state index in [9.17, 15) is 52.9 Å². The van der Waals surface area contributed by atoms with Gasteiger partial charge in [0.1, 0.15) is 10.6 Å². The highest BCUT2D eigenvalue weighted by Crippen LogP contribution is 2.59. The van der Waals surface area contributed by atoms with E-state index >= 15 is 0 Å². The van der Waals surface area contributed by atoms with E-state index in [4.69, 9.17) is 9.79 Å². The first-order valence-electron chi connectivity index (χ1n) is 12.9. The van der Waals surface area contributed by atoms with E-state index in [2.05, 4.69) is 9.84 Å². The molecule has 0 spiro atoms. The summed E-state index contributed by atoms with van der Waals surface area (Å²) in [5, 5.41) is 2.52. The molecular formula is C26H26F8NO7PS. The summed E-state index contributed by atoms with van der Waals surface area (Å²) < 4.78 is 152. The van der Waals surface area contributed by atoms with Crippen LogP contribution in [0.15, 0.2) is 47.4 Å². The topological polar surface area (TPSA) is 130 Å². The lowest BCUT2D eigenvalue weighted by atomic mass is 9.73. The predicted octanol–water partition coefficient (Wildman–Crippen LogP) is 5.51. The molecule has 4 rings (SSSR count). The van der Waals surface area contributed by atoms with E-state index in [0.29, 0.717) is 12.1 Å². The van der Waals surface area contributed by atoms with Gasteiger partial charge in [-0.2, -0.15) is 26.3 Å². The summed E-state index contributed by atoms with van der Waals surface area (Å²) in [5.41, 5.74) is -10.2. The number of carbonyl (C=O) groups excluding carboxylic acids is 1. The Kier molecular flexibility index (Phi) is 8.38. The molecule has 0 aliphatic heterocycles. The lowest BCUT2D eigenvalue weighted by Gasteiger charge is -2.43. The number of phosphoric ester groups is 1. The lowest BCUT2D eigenvalue weighted by Crippen LogP contribution is -2.53. The molecule has 1 fully saturated rings. The number of halogens is 8. The van der Waals surface area contributed by atoms with Crippen LogP contribution in [0.3, 0.4) is 0 Å². The Morgan fingerprint density at radius 2 is 1.55 bits per heavy atom. The molecular weight excluding hydrogens is 653 g/mol. The van der Waals surface area contributed by atoms with Crippen LogP contribution >= 0.6 is 7.82 Å². The zero-order chi connectivity index (χ0) is 33.3. The minimum absolute atomic E-state index is 0.109. The Labute approximate surface area is 245 Å². The number of amides is 1. The van der Waals surface area contributed by atoms with Crippen LogP contribution in [-0.4, -0.2) is 48.1 Å². The van der Waals surface area contributed by atoms with Crippen molar-refractivity contribution >= 4 is 23.6 Å². The quantitative estimate of drug-likeness (QED) is 0.200. The predicted molar refractivity (Wildman–Crippen MR) is 137 cm³/mol.